The second-order valence-corrected chi connectivity index (χ2v) is 9.62. The van der Waals surface area contributed by atoms with E-state index in [0.717, 1.165) is 53.6 Å². The van der Waals surface area contributed by atoms with Crippen LogP contribution < -0.4 is 20.5 Å². The number of benzene rings is 2. The molecule has 2 aromatic heterocycles. The molecule has 2 aromatic carbocycles. The zero-order valence-corrected chi connectivity index (χ0v) is 23.1. The SMILES string of the molecule is COc1cc(NC(C)CCCN)c2ncccc2c1.O=Cc1cccc(COC2COc3nc([N+](=O)[O-])cn3C2)c1. The van der Waals surface area contributed by atoms with E-state index in [9.17, 15) is 14.9 Å². The van der Waals surface area contributed by atoms with Crippen LogP contribution in [-0.2, 0) is 17.9 Å². The minimum atomic E-state index is -0.560. The molecule has 0 fully saturated rings. The fourth-order valence-corrected chi connectivity index (χ4v) is 4.38. The summed E-state index contributed by atoms with van der Waals surface area (Å²) in [5, 5.41) is 15.3. The first-order valence-corrected chi connectivity index (χ1v) is 13.3. The molecular weight excluding hydrogens is 528 g/mol. The Morgan fingerprint density at radius 1 is 1.29 bits per heavy atom. The van der Waals surface area contributed by atoms with E-state index in [-0.39, 0.29) is 24.5 Å². The molecule has 0 spiro atoms. The lowest BCUT2D eigenvalue weighted by Crippen LogP contribution is -2.32. The van der Waals surface area contributed by atoms with Crippen molar-refractivity contribution in [3.8, 4) is 11.8 Å². The zero-order valence-electron chi connectivity index (χ0n) is 23.1. The number of anilines is 1. The van der Waals surface area contributed by atoms with Crippen molar-refractivity contribution in [2.75, 3.05) is 25.6 Å². The predicted octanol–water partition coefficient (Wildman–Crippen LogP) is 4.36. The van der Waals surface area contributed by atoms with E-state index < -0.39 is 4.92 Å². The third-order valence-corrected chi connectivity index (χ3v) is 6.44. The summed E-state index contributed by atoms with van der Waals surface area (Å²) in [6.07, 6.45) is 5.75. The van der Waals surface area contributed by atoms with Crippen LogP contribution in [0.15, 0.2) is 60.9 Å². The molecule has 0 amide bonds. The number of nitrogens with two attached hydrogens (primary N) is 1. The fourth-order valence-electron chi connectivity index (χ4n) is 4.38. The van der Waals surface area contributed by atoms with Gasteiger partial charge in [-0.05, 0) is 55.0 Å². The number of hydrogen-bond donors (Lipinski definition) is 2. The molecule has 12 heteroatoms. The summed E-state index contributed by atoms with van der Waals surface area (Å²) in [5.41, 5.74) is 9.01. The Hall–Kier alpha value is -4.55. The first-order chi connectivity index (χ1) is 19.9. The first kappa shape index (κ1) is 29.4. The first-order valence-electron chi connectivity index (χ1n) is 13.3. The van der Waals surface area contributed by atoms with Crippen molar-refractivity contribution < 1.29 is 23.9 Å². The zero-order chi connectivity index (χ0) is 29.2. The number of aldehydes is 1. The van der Waals surface area contributed by atoms with Gasteiger partial charge in [0.1, 0.15) is 30.9 Å². The molecule has 216 valence electrons. The number of ether oxygens (including phenoxy) is 3. The quantitative estimate of drug-likeness (QED) is 0.153. The largest absolute Gasteiger partial charge is 0.497 e. The molecule has 2 atom stereocenters. The fraction of sp³-hybridized carbons (Fsp3) is 0.345. The number of carbonyl (C=O) groups is 1. The maximum absolute atomic E-state index is 10.7. The molecule has 0 radical (unpaired) electrons. The average molecular weight is 563 g/mol. The highest BCUT2D eigenvalue weighted by atomic mass is 16.6. The van der Waals surface area contributed by atoms with E-state index in [1.165, 1.54) is 6.20 Å². The third-order valence-electron chi connectivity index (χ3n) is 6.44. The van der Waals surface area contributed by atoms with Gasteiger partial charge in [0.15, 0.2) is 0 Å². The number of nitrogens with one attached hydrogen (secondary N) is 1. The number of methoxy groups -OCH3 is 1. The van der Waals surface area contributed by atoms with Crippen LogP contribution in [0.25, 0.3) is 10.9 Å². The number of aromatic nitrogens is 3. The highest BCUT2D eigenvalue weighted by Gasteiger charge is 2.28. The molecule has 0 aliphatic carbocycles. The van der Waals surface area contributed by atoms with E-state index >= 15 is 0 Å². The molecule has 3 heterocycles. The molecule has 12 nitrogen and oxygen atoms in total. The Morgan fingerprint density at radius 3 is 2.90 bits per heavy atom. The van der Waals surface area contributed by atoms with Gasteiger partial charge in [0, 0.05) is 34.2 Å². The van der Waals surface area contributed by atoms with Gasteiger partial charge in [-0.2, -0.15) is 0 Å². The van der Waals surface area contributed by atoms with Gasteiger partial charge < -0.3 is 35.4 Å². The second kappa shape index (κ2) is 14.2. The highest BCUT2D eigenvalue weighted by Crippen LogP contribution is 2.28. The van der Waals surface area contributed by atoms with Crippen molar-refractivity contribution in [3.05, 3.63) is 82.2 Å². The van der Waals surface area contributed by atoms with Gasteiger partial charge in [-0.3, -0.25) is 14.3 Å². The van der Waals surface area contributed by atoms with E-state index in [0.29, 0.717) is 24.8 Å². The van der Waals surface area contributed by atoms with Crippen LogP contribution in [0.4, 0.5) is 11.5 Å². The predicted molar refractivity (Wildman–Crippen MR) is 154 cm³/mol. The smallest absolute Gasteiger partial charge is 0.414 e. The monoisotopic (exact) mass is 562 g/mol. The summed E-state index contributed by atoms with van der Waals surface area (Å²) in [7, 11) is 1.68. The molecule has 0 bridgehead atoms. The van der Waals surface area contributed by atoms with Crippen molar-refractivity contribution >= 4 is 28.7 Å². The van der Waals surface area contributed by atoms with Gasteiger partial charge in [0.25, 0.3) is 0 Å². The molecule has 3 N–H and O–H groups in total. The maximum atomic E-state index is 10.7. The summed E-state index contributed by atoms with van der Waals surface area (Å²) in [6, 6.07) is 15.7. The number of carbonyl (C=O) groups excluding carboxylic acids is 1. The Morgan fingerprint density at radius 2 is 2.15 bits per heavy atom. The van der Waals surface area contributed by atoms with Crippen molar-refractivity contribution in [2.45, 2.75) is 45.1 Å². The van der Waals surface area contributed by atoms with Crippen molar-refractivity contribution in [3.63, 3.8) is 0 Å². The van der Waals surface area contributed by atoms with Gasteiger partial charge in [-0.1, -0.05) is 24.3 Å². The van der Waals surface area contributed by atoms with Gasteiger partial charge in [-0.25, -0.2) is 0 Å². The summed E-state index contributed by atoms with van der Waals surface area (Å²) in [5.74, 6) is 0.600. The summed E-state index contributed by atoms with van der Waals surface area (Å²) in [4.78, 5) is 29.1. The number of pyridine rings is 1. The number of rotatable bonds is 11. The van der Waals surface area contributed by atoms with Crippen LogP contribution >= 0.6 is 0 Å². The van der Waals surface area contributed by atoms with E-state index in [1.807, 2.05) is 36.5 Å². The molecule has 4 aromatic rings. The van der Waals surface area contributed by atoms with Crippen LogP contribution in [0.3, 0.4) is 0 Å². The van der Waals surface area contributed by atoms with E-state index in [4.69, 9.17) is 19.9 Å². The summed E-state index contributed by atoms with van der Waals surface area (Å²) in [6.45, 7) is 3.93. The van der Waals surface area contributed by atoms with Crippen LogP contribution in [0.1, 0.15) is 35.7 Å². The minimum absolute atomic E-state index is 0.231. The van der Waals surface area contributed by atoms with Crippen molar-refractivity contribution in [1.82, 2.24) is 14.5 Å². The number of fused-ring (bicyclic) bond motifs is 2. The molecule has 0 saturated heterocycles. The van der Waals surface area contributed by atoms with Gasteiger partial charge in [0.2, 0.25) is 0 Å². The molecule has 2 unspecified atom stereocenters. The highest BCUT2D eigenvalue weighted by molar-refractivity contribution is 5.91. The molecule has 1 aliphatic heterocycles. The second-order valence-electron chi connectivity index (χ2n) is 9.62. The lowest BCUT2D eigenvalue weighted by atomic mass is 10.1. The topological polar surface area (TPSA) is 157 Å². The van der Waals surface area contributed by atoms with Crippen LogP contribution in [-0.4, -0.2) is 58.2 Å². The van der Waals surface area contributed by atoms with Crippen LogP contribution in [0.2, 0.25) is 0 Å². The maximum Gasteiger partial charge on any atom is 0.414 e. The molecule has 41 heavy (non-hydrogen) atoms. The van der Waals surface area contributed by atoms with Gasteiger partial charge >= 0.3 is 11.8 Å². The van der Waals surface area contributed by atoms with E-state index in [2.05, 4.69) is 22.2 Å². The van der Waals surface area contributed by atoms with Crippen LogP contribution in [0.5, 0.6) is 11.8 Å². The number of imidazole rings is 1. The van der Waals surface area contributed by atoms with Crippen LogP contribution in [0, 0.1) is 10.1 Å². The van der Waals surface area contributed by atoms with E-state index in [1.54, 1.807) is 29.9 Å². The molecule has 1 aliphatic rings. The normalized spacial score (nSPS) is 14.7. The number of hydrogen-bond acceptors (Lipinski definition) is 10. The summed E-state index contributed by atoms with van der Waals surface area (Å²) < 4.78 is 18.0. The Balaban J connectivity index is 0.000000191. The molecule has 5 rings (SSSR count). The third kappa shape index (κ3) is 7.99. The lowest BCUT2D eigenvalue weighted by molar-refractivity contribution is -0.389. The van der Waals surface area contributed by atoms with Gasteiger partial charge in [0.05, 0.1) is 31.5 Å². The number of nitrogens with zero attached hydrogens (tertiary/aromatic N) is 4. The van der Waals surface area contributed by atoms with Crippen molar-refractivity contribution in [2.24, 2.45) is 5.73 Å². The minimum Gasteiger partial charge on any atom is -0.497 e. The lowest BCUT2D eigenvalue weighted by Gasteiger charge is -2.22. The number of nitro groups is 1. The molecular formula is C29H34N6O6. The average Bonchev–Trinajstić information content (AvgIpc) is 3.43. The molecule has 0 saturated carbocycles. The standard InChI is InChI=1S/C15H21N3O.C14H13N3O5/c1-11(5-3-7-16)18-14-10-13(19-2)9-12-6-4-8-17-15(12)14;18-7-10-2-1-3-11(4-10)8-21-12-5-16-6-13(17(19)20)15-14(16)22-9-12/h4,6,8-11,18H,3,5,7,16H2,1-2H3;1-4,6-7,12H,5,8-9H2. The Labute approximate surface area is 237 Å². The summed E-state index contributed by atoms with van der Waals surface area (Å²) >= 11 is 0. The van der Waals surface area contributed by atoms with Gasteiger partial charge in [-0.15, -0.1) is 0 Å². The van der Waals surface area contributed by atoms with Crippen molar-refractivity contribution in [1.29, 1.82) is 0 Å². The Bertz CT molecular complexity index is 1480. The Kier molecular flexibility index (Phi) is 10.2.